The minimum Gasteiger partial charge on any atom is -0.394 e. The van der Waals surface area contributed by atoms with Crippen LogP contribution >= 0.6 is 0 Å². The molecule has 25 heavy (non-hydrogen) atoms. The monoisotopic (exact) mass is 339 g/mol. The molecule has 0 bridgehead atoms. The van der Waals surface area contributed by atoms with Crippen LogP contribution in [0.5, 0.6) is 0 Å². The molecular formula is C21H25NO3. The van der Waals surface area contributed by atoms with Crippen LogP contribution in [0.4, 0.5) is 0 Å². The van der Waals surface area contributed by atoms with Crippen molar-refractivity contribution in [3.05, 3.63) is 72.4 Å². The quantitative estimate of drug-likeness (QED) is 0.613. The summed E-state index contributed by atoms with van der Waals surface area (Å²) >= 11 is 0. The number of nitrogens with zero attached hydrogens (tertiary/aromatic N) is 1. The van der Waals surface area contributed by atoms with Crippen molar-refractivity contribution in [3.8, 4) is 0 Å². The van der Waals surface area contributed by atoms with Crippen LogP contribution in [-0.2, 0) is 22.6 Å². The predicted octanol–water partition coefficient (Wildman–Crippen LogP) is 3.63. The second-order valence-corrected chi connectivity index (χ2v) is 6.07. The van der Waals surface area contributed by atoms with Crippen molar-refractivity contribution in [2.45, 2.75) is 25.7 Å². The van der Waals surface area contributed by atoms with Crippen molar-refractivity contribution in [2.24, 2.45) is 0 Å². The van der Waals surface area contributed by atoms with Crippen molar-refractivity contribution < 1.29 is 14.6 Å². The fourth-order valence-corrected chi connectivity index (χ4v) is 2.94. The third-order valence-corrected chi connectivity index (χ3v) is 4.23. The Kier molecular flexibility index (Phi) is 6.63. The van der Waals surface area contributed by atoms with E-state index in [1.807, 2.05) is 18.2 Å². The molecule has 0 amide bonds. The molecule has 0 radical (unpaired) electrons. The third-order valence-electron chi connectivity index (χ3n) is 4.23. The lowest BCUT2D eigenvalue weighted by Crippen LogP contribution is -2.23. The van der Waals surface area contributed by atoms with Crippen LogP contribution in [-0.4, -0.2) is 35.6 Å². The first kappa shape index (κ1) is 17.7. The average molecular weight is 339 g/mol. The highest BCUT2D eigenvalue weighted by Gasteiger charge is 2.11. The van der Waals surface area contributed by atoms with Gasteiger partial charge in [-0.25, -0.2) is 0 Å². The average Bonchev–Trinajstić information content (AvgIpc) is 3.07. The fraction of sp³-hybridized carbons (Fsp3) is 0.333. The SMILES string of the molecule is OCCOC(CCn1ccc2ccccc21)COCc1ccccc1. The minimum atomic E-state index is -0.0305. The fourth-order valence-electron chi connectivity index (χ4n) is 2.94. The lowest BCUT2D eigenvalue weighted by molar-refractivity contribution is -0.0370. The lowest BCUT2D eigenvalue weighted by Gasteiger charge is -2.18. The molecule has 0 aliphatic rings. The number of hydrogen-bond donors (Lipinski definition) is 1. The molecule has 0 fully saturated rings. The van der Waals surface area contributed by atoms with Crippen molar-refractivity contribution in [2.75, 3.05) is 19.8 Å². The standard InChI is InChI=1S/C21H25NO3/c23-14-15-25-20(17-24-16-18-6-2-1-3-7-18)11-13-22-12-10-19-8-4-5-9-21(19)22/h1-10,12,20,23H,11,13-17H2. The molecule has 2 aromatic carbocycles. The largest absolute Gasteiger partial charge is 0.394 e. The summed E-state index contributed by atoms with van der Waals surface area (Å²) in [4.78, 5) is 0. The van der Waals surface area contributed by atoms with Crippen LogP contribution < -0.4 is 0 Å². The van der Waals surface area contributed by atoms with E-state index in [2.05, 4.69) is 53.2 Å². The van der Waals surface area contributed by atoms with E-state index in [4.69, 9.17) is 14.6 Å². The first-order valence-electron chi connectivity index (χ1n) is 8.75. The molecule has 0 spiro atoms. The number of aromatic nitrogens is 1. The first-order valence-corrected chi connectivity index (χ1v) is 8.75. The number of para-hydroxylation sites is 1. The molecule has 0 saturated heterocycles. The maximum absolute atomic E-state index is 9.04. The Balaban J connectivity index is 1.53. The van der Waals surface area contributed by atoms with Gasteiger partial charge in [-0.05, 0) is 29.5 Å². The number of ether oxygens (including phenoxy) is 2. The molecular weight excluding hydrogens is 314 g/mol. The van der Waals surface area contributed by atoms with Gasteiger partial charge in [-0.3, -0.25) is 0 Å². The van der Waals surface area contributed by atoms with E-state index in [0.29, 0.717) is 19.8 Å². The number of aliphatic hydroxyl groups is 1. The van der Waals surface area contributed by atoms with Crippen molar-refractivity contribution in [3.63, 3.8) is 0 Å². The summed E-state index contributed by atoms with van der Waals surface area (Å²) < 4.78 is 13.8. The van der Waals surface area contributed by atoms with E-state index in [0.717, 1.165) is 18.5 Å². The molecule has 1 aromatic heterocycles. The predicted molar refractivity (Wildman–Crippen MR) is 99.5 cm³/mol. The third kappa shape index (κ3) is 5.16. The van der Waals surface area contributed by atoms with Gasteiger partial charge in [0.15, 0.2) is 0 Å². The topological polar surface area (TPSA) is 43.6 Å². The van der Waals surface area contributed by atoms with E-state index in [1.165, 1.54) is 10.9 Å². The van der Waals surface area contributed by atoms with Gasteiger partial charge >= 0.3 is 0 Å². The molecule has 0 aliphatic carbocycles. The smallest absolute Gasteiger partial charge is 0.0826 e. The molecule has 1 N–H and O–H groups in total. The molecule has 1 atom stereocenters. The summed E-state index contributed by atoms with van der Waals surface area (Å²) in [6.45, 7) is 2.33. The van der Waals surface area contributed by atoms with E-state index in [9.17, 15) is 0 Å². The van der Waals surface area contributed by atoms with Crippen molar-refractivity contribution in [1.29, 1.82) is 0 Å². The molecule has 1 heterocycles. The van der Waals surface area contributed by atoms with E-state index >= 15 is 0 Å². The van der Waals surface area contributed by atoms with Gasteiger partial charge in [0.1, 0.15) is 0 Å². The number of hydrogen-bond acceptors (Lipinski definition) is 3. The van der Waals surface area contributed by atoms with Gasteiger partial charge in [0.25, 0.3) is 0 Å². The molecule has 1 unspecified atom stereocenters. The van der Waals surface area contributed by atoms with Crippen molar-refractivity contribution >= 4 is 10.9 Å². The van der Waals surface area contributed by atoms with E-state index in [-0.39, 0.29) is 12.7 Å². The number of aryl methyl sites for hydroxylation is 1. The minimum absolute atomic E-state index is 0.0294. The van der Waals surface area contributed by atoms with Crippen LogP contribution in [0.1, 0.15) is 12.0 Å². The molecule has 0 aliphatic heterocycles. The molecule has 3 aromatic rings. The normalized spacial score (nSPS) is 12.5. The second-order valence-electron chi connectivity index (χ2n) is 6.07. The van der Waals surface area contributed by atoms with Gasteiger partial charge in [-0.15, -0.1) is 0 Å². The van der Waals surface area contributed by atoms with Gasteiger partial charge in [-0.1, -0.05) is 48.5 Å². The second kappa shape index (κ2) is 9.37. The highest BCUT2D eigenvalue weighted by molar-refractivity contribution is 5.79. The van der Waals surface area contributed by atoms with Crippen LogP contribution in [0.2, 0.25) is 0 Å². The van der Waals surface area contributed by atoms with Gasteiger partial charge < -0.3 is 19.1 Å². The Morgan fingerprint density at radius 2 is 1.76 bits per heavy atom. The molecule has 0 saturated carbocycles. The van der Waals surface area contributed by atoms with Crippen molar-refractivity contribution in [1.82, 2.24) is 4.57 Å². The highest BCUT2D eigenvalue weighted by atomic mass is 16.5. The molecule has 3 rings (SSSR count). The molecule has 4 heteroatoms. The van der Waals surface area contributed by atoms with Crippen LogP contribution in [0.25, 0.3) is 10.9 Å². The zero-order chi connectivity index (χ0) is 17.3. The molecule has 132 valence electrons. The number of aliphatic hydroxyl groups excluding tert-OH is 1. The Morgan fingerprint density at radius 1 is 0.960 bits per heavy atom. The number of benzene rings is 2. The zero-order valence-electron chi connectivity index (χ0n) is 14.4. The summed E-state index contributed by atoms with van der Waals surface area (Å²) in [6, 6.07) is 20.6. The van der Waals surface area contributed by atoms with Gasteiger partial charge in [-0.2, -0.15) is 0 Å². The molecule has 4 nitrogen and oxygen atoms in total. The summed E-state index contributed by atoms with van der Waals surface area (Å²) in [5.74, 6) is 0. The maximum atomic E-state index is 9.04. The summed E-state index contributed by atoms with van der Waals surface area (Å²) in [7, 11) is 0. The Labute approximate surface area is 148 Å². The number of fused-ring (bicyclic) bond motifs is 1. The first-order chi connectivity index (χ1) is 12.4. The summed E-state index contributed by atoms with van der Waals surface area (Å²) in [5, 5.41) is 10.3. The van der Waals surface area contributed by atoms with Crippen LogP contribution in [0.15, 0.2) is 66.9 Å². The Hall–Kier alpha value is -2.14. The van der Waals surface area contributed by atoms with Gasteiger partial charge in [0, 0.05) is 18.3 Å². The Morgan fingerprint density at radius 3 is 2.60 bits per heavy atom. The van der Waals surface area contributed by atoms with E-state index < -0.39 is 0 Å². The van der Waals surface area contributed by atoms with Gasteiger partial charge in [0.2, 0.25) is 0 Å². The van der Waals surface area contributed by atoms with E-state index in [1.54, 1.807) is 0 Å². The van der Waals surface area contributed by atoms with Crippen LogP contribution in [0.3, 0.4) is 0 Å². The van der Waals surface area contributed by atoms with Crippen LogP contribution in [0, 0.1) is 0 Å². The summed E-state index contributed by atoms with van der Waals surface area (Å²) in [6.07, 6.45) is 2.92. The lowest BCUT2D eigenvalue weighted by atomic mass is 10.2. The Bertz CT molecular complexity index is 754. The zero-order valence-corrected chi connectivity index (χ0v) is 14.4. The summed E-state index contributed by atoms with van der Waals surface area (Å²) in [5.41, 5.74) is 2.38. The van der Waals surface area contributed by atoms with Gasteiger partial charge in [0.05, 0.1) is 32.5 Å². The number of rotatable bonds is 10. The maximum Gasteiger partial charge on any atom is 0.0826 e. The highest BCUT2D eigenvalue weighted by Crippen LogP contribution is 2.16.